The first-order valence-corrected chi connectivity index (χ1v) is 14.5. The minimum absolute atomic E-state index is 0.159. The molecule has 7 rings (SSSR count). The highest BCUT2D eigenvalue weighted by atomic mass is 15.1. The molecular formula is C39H29N5. The van der Waals surface area contributed by atoms with Gasteiger partial charge in [-0.1, -0.05) is 127 Å². The second-order valence-electron chi connectivity index (χ2n) is 10.4. The molecule has 210 valence electrons. The first-order valence-electron chi connectivity index (χ1n) is 14.5. The summed E-state index contributed by atoms with van der Waals surface area (Å²) in [6, 6.07) is 52.8. The van der Waals surface area contributed by atoms with Crippen LogP contribution in [0.2, 0.25) is 0 Å². The fourth-order valence-corrected chi connectivity index (χ4v) is 5.44. The monoisotopic (exact) mass is 567 g/mol. The Morgan fingerprint density at radius 1 is 0.591 bits per heavy atom. The minimum Gasteiger partial charge on any atom is -0.355 e. The SMILES string of the molecule is N=C(/N=C(\N=C\n1c2ccccc2c2cc(Nc3ccccc3)c(-c3ccccc3)cc21)c1ccccc1)c1ccccc1. The summed E-state index contributed by atoms with van der Waals surface area (Å²) in [5, 5.41) is 14.6. The number of fused-ring (bicyclic) bond motifs is 3. The number of nitrogens with zero attached hydrogens (tertiary/aromatic N) is 3. The zero-order valence-electron chi connectivity index (χ0n) is 23.9. The minimum atomic E-state index is 0.159. The lowest BCUT2D eigenvalue weighted by Gasteiger charge is -2.14. The van der Waals surface area contributed by atoms with Crippen molar-refractivity contribution >= 4 is 51.2 Å². The number of para-hydroxylation sites is 2. The molecule has 5 nitrogen and oxygen atoms in total. The first kappa shape index (κ1) is 26.8. The third-order valence-electron chi connectivity index (χ3n) is 7.58. The Morgan fingerprint density at radius 2 is 1.18 bits per heavy atom. The van der Waals surface area contributed by atoms with E-state index in [4.69, 9.17) is 10.4 Å². The standard InChI is InChI=1S/C39H29N5/c40-38(29-17-7-2-8-18-29)43-39(30-19-9-3-10-20-30)41-27-44-36-24-14-13-23-32(36)34-25-35(42-31-21-11-4-12-22-31)33(26-37(34)44)28-15-5-1-6-16-28/h1-27,40,42H/b40-38?,41-27+,43-39-. The molecule has 1 aromatic heterocycles. The summed E-state index contributed by atoms with van der Waals surface area (Å²) in [6.07, 6.45) is 1.83. The molecule has 0 aliphatic rings. The summed E-state index contributed by atoms with van der Waals surface area (Å²) in [6.45, 7) is 0. The van der Waals surface area contributed by atoms with E-state index in [1.807, 2.05) is 97.3 Å². The molecule has 44 heavy (non-hydrogen) atoms. The summed E-state index contributed by atoms with van der Waals surface area (Å²) < 4.78 is 2.12. The van der Waals surface area contributed by atoms with Crippen molar-refractivity contribution in [1.29, 1.82) is 5.41 Å². The molecule has 0 unspecified atom stereocenters. The molecule has 7 aromatic rings. The van der Waals surface area contributed by atoms with Crippen molar-refractivity contribution in [2.45, 2.75) is 0 Å². The van der Waals surface area contributed by atoms with Gasteiger partial charge in [0.1, 0.15) is 6.34 Å². The van der Waals surface area contributed by atoms with Crippen LogP contribution in [0.1, 0.15) is 11.1 Å². The maximum absolute atomic E-state index is 8.69. The highest BCUT2D eigenvalue weighted by molar-refractivity contribution is 6.16. The van der Waals surface area contributed by atoms with Crippen molar-refractivity contribution in [3.05, 3.63) is 169 Å². The molecule has 6 aromatic carbocycles. The average Bonchev–Trinajstić information content (AvgIpc) is 3.40. The zero-order valence-corrected chi connectivity index (χ0v) is 23.9. The molecule has 0 bridgehead atoms. The van der Waals surface area contributed by atoms with Gasteiger partial charge in [-0.2, -0.15) is 0 Å². The molecule has 0 aliphatic carbocycles. The van der Waals surface area contributed by atoms with E-state index in [9.17, 15) is 0 Å². The van der Waals surface area contributed by atoms with Crippen molar-refractivity contribution in [2.24, 2.45) is 9.98 Å². The second-order valence-corrected chi connectivity index (χ2v) is 10.4. The molecule has 0 atom stereocenters. The van der Waals surface area contributed by atoms with Crippen molar-refractivity contribution in [1.82, 2.24) is 4.57 Å². The van der Waals surface area contributed by atoms with Crippen LogP contribution in [-0.4, -0.2) is 22.6 Å². The molecule has 0 aliphatic heterocycles. The molecule has 0 saturated carbocycles. The van der Waals surface area contributed by atoms with E-state index in [-0.39, 0.29) is 5.84 Å². The predicted molar refractivity (Wildman–Crippen MR) is 185 cm³/mol. The largest absolute Gasteiger partial charge is 0.355 e. The van der Waals surface area contributed by atoms with Gasteiger partial charge in [-0.05, 0) is 35.9 Å². The molecule has 0 saturated heterocycles. The van der Waals surface area contributed by atoms with E-state index < -0.39 is 0 Å². The van der Waals surface area contributed by atoms with Crippen molar-refractivity contribution in [3.8, 4) is 11.1 Å². The van der Waals surface area contributed by atoms with Crippen molar-refractivity contribution in [2.75, 3.05) is 5.32 Å². The Kier molecular flexibility index (Phi) is 7.33. The number of aromatic nitrogens is 1. The molecule has 1 heterocycles. The van der Waals surface area contributed by atoms with Crippen molar-refractivity contribution in [3.63, 3.8) is 0 Å². The molecule has 0 amide bonds. The number of hydrogen-bond donors (Lipinski definition) is 2. The number of aliphatic imine (C=N–C) groups is 2. The predicted octanol–water partition coefficient (Wildman–Crippen LogP) is 9.55. The average molecular weight is 568 g/mol. The third-order valence-corrected chi connectivity index (χ3v) is 7.58. The zero-order chi connectivity index (χ0) is 29.7. The summed E-state index contributed by atoms with van der Waals surface area (Å²) in [5.74, 6) is 0.628. The van der Waals surface area contributed by atoms with E-state index in [2.05, 4.69) is 81.6 Å². The molecule has 5 heteroatoms. The lowest BCUT2D eigenvalue weighted by atomic mass is 10.0. The Bertz CT molecular complexity index is 2130. The first-order chi connectivity index (χ1) is 21.7. The lowest BCUT2D eigenvalue weighted by Crippen LogP contribution is -2.06. The van der Waals surface area contributed by atoms with E-state index >= 15 is 0 Å². The van der Waals surface area contributed by atoms with Gasteiger partial charge in [-0.15, -0.1) is 0 Å². The molecule has 0 spiro atoms. The van der Waals surface area contributed by atoms with E-state index in [1.54, 1.807) is 0 Å². The Morgan fingerprint density at radius 3 is 1.89 bits per heavy atom. The highest BCUT2D eigenvalue weighted by Gasteiger charge is 2.15. The van der Waals surface area contributed by atoms with Gasteiger partial charge in [0.15, 0.2) is 11.7 Å². The van der Waals surface area contributed by atoms with Crippen LogP contribution in [0.25, 0.3) is 32.9 Å². The normalized spacial score (nSPS) is 11.8. The van der Waals surface area contributed by atoms with Gasteiger partial charge in [-0.3, -0.25) is 9.98 Å². The summed E-state index contributed by atoms with van der Waals surface area (Å²) >= 11 is 0. The van der Waals surface area contributed by atoms with Crippen LogP contribution in [0, 0.1) is 5.41 Å². The van der Waals surface area contributed by atoms with Crippen LogP contribution >= 0.6 is 0 Å². The van der Waals surface area contributed by atoms with Crippen LogP contribution in [0.3, 0.4) is 0 Å². The number of rotatable bonds is 6. The summed E-state index contributed by atoms with van der Waals surface area (Å²) in [4.78, 5) is 9.61. The summed E-state index contributed by atoms with van der Waals surface area (Å²) in [7, 11) is 0. The van der Waals surface area contributed by atoms with Gasteiger partial charge in [-0.25, -0.2) is 9.98 Å². The van der Waals surface area contributed by atoms with Crippen LogP contribution in [0.4, 0.5) is 11.4 Å². The van der Waals surface area contributed by atoms with Crippen LogP contribution in [-0.2, 0) is 0 Å². The number of nitrogens with one attached hydrogen (secondary N) is 2. The van der Waals surface area contributed by atoms with Gasteiger partial charge in [0.05, 0.1) is 11.0 Å². The van der Waals surface area contributed by atoms with Crippen molar-refractivity contribution < 1.29 is 0 Å². The van der Waals surface area contributed by atoms with E-state index in [1.165, 1.54) is 0 Å². The molecule has 0 radical (unpaired) electrons. The summed E-state index contributed by atoms with van der Waals surface area (Å²) in [5.41, 5.74) is 7.89. The van der Waals surface area contributed by atoms with Gasteiger partial charge in [0.25, 0.3) is 0 Å². The Balaban J connectivity index is 1.41. The van der Waals surface area contributed by atoms with Crippen LogP contribution in [0.5, 0.6) is 0 Å². The van der Waals surface area contributed by atoms with Gasteiger partial charge >= 0.3 is 0 Å². The second kappa shape index (κ2) is 12.0. The Hall–Kier alpha value is -6.07. The third kappa shape index (κ3) is 5.42. The topological polar surface area (TPSA) is 65.5 Å². The highest BCUT2D eigenvalue weighted by Crippen LogP contribution is 2.38. The fourth-order valence-electron chi connectivity index (χ4n) is 5.44. The number of anilines is 2. The number of benzene rings is 6. The van der Waals surface area contributed by atoms with E-state index in [0.717, 1.165) is 55.4 Å². The molecular weight excluding hydrogens is 538 g/mol. The van der Waals surface area contributed by atoms with Crippen LogP contribution in [0.15, 0.2) is 168 Å². The van der Waals surface area contributed by atoms with E-state index in [0.29, 0.717) is 5.84 Å². The number of amidine groups is 2. The molecule has 2 N–H and O–H groups in total. The maximum Gasteiger partial charge on any atom is 0.163 e. The van der Waals surface area contributed by atoms with Crippen LogP contribution < -0.4 is 5.32 Å². The van der Waals surface area contributed by atoms with Gasteiger partial charge < -0.3 is 5.32 Å². The fraction of sp³-hybridized carbons (Fsp3) is 0. The molecule has 0 fully saturated rings. The number of hydrogen-bond acceptors (Lipinski definition) is 2. The maximum atomic E-state index is 8.69. The van der Waals surface area contributed by atoms with Gasteiger partial charge in [0, 0.05) is 38.8 Å². The quantitative estimate of drug-likeness (QED) is 0.152. The van der Waals surface area contributed by atoms with Gasteiger partial charge in [0.2, 0.25) is 0 Å². The lowest BCUT2D eigenvalue weighted by molar-refractivity contribution is 1.31. The smallest absolute Gasteiger partial charge is 0.163 e. The Labute approximate surface area is 256 Å².